The van der Waals surface area contributed by atoms with E-state index in [1.54, 1.807) is 18.2 Å². The molecule has 1 aliphatic heterocycles. The number of nitrogens with zero attached hydrogens (tertiary/aromatic N) is 3. The minimum atomic E-state index is -0.700. The molecule has 4 aromatic rings. The Morgan fingerprint density at radius 2 is 2.00 bits per heavy atom. The van der Waals surface area contributed by atoms with Crippen molar-refractivity contribution in [3.05, 3.63) is 79.1 Å². The van der Waals surface area contributed by atoms with Gasteiger partial charge in [-0.05, 0) is 48.7 Å². The van der Waals surface area contributed by atoms with Crippen molar-refractivity contribution < 1.29 is 13.9 Å². The second-order valence-electron chi connectivity index (χ2n) is 8.00. The van der Waals surface area contributed by atoms with Gasteiger partial charge in [0.2, 0.25) is 10.9 Å². The van der Waals surface area contributed by atoms with Gasteiger partial charge in [0, 0.05) is 4.47 Å². The minimum absolute atomic E-state index is 0.0374. The van der Waals surface area contributed by atoms with E-state index >= 15 is 0 Å². The van der Waals surface area contributed by atoms with Gasteiger partial charge in [0.25, 0.3) is 5.91 Å². The number of halogens is 1. The van der Waals surface area contributed by atoms with Crippen molar-refractivity contribution in [1.82, 2.24) is 10.2 Å². The lowest BCUT2D eigenvalue weighted by atomic mass is 9.98. The van der Waals surface area contributed by atoms with Crippen molar-refractivity contribution in [2.24, 2.45) is 0 Å². The van der Waals surface area contributed by atoms with Gasteiger partial charge in [-0.15, -0.1) is 10.2 Å². The molecule has 0 fully saturated rings. The van der Waals surface area contributed by atoms with Crippen LogP contribution in [0.15, 0.2) is 56.1 Å². The molecule has 1 atom stereocenters. The molecule has 0 saturated carbocycles. The van der Waals surface area contributed by atoms with Crippen LogP contribution in [0.25, 0.3) is 11.0 Å². The number of aromatic nitrogens is 2. The molecule has 3 heterocycles. The summed E-state index contributed by atoms with van der Waals surface area (Å²) in [5.41, 5.74) is 1.17. The summed E-state index contributed by atoms with van der Waals surface area (Å²) in [7, 11) is 0. The fraction of sp³-hybridized carbons (Fsp3) is 0.280. The Kier molecular flexibility index (Phi) is 6.22. The summed E-state index contributed by atoms with van der Waals surface area (Å²) in [6.45, 7) is 4.68. The van der Waals surface area contributed by atoms with Crippen LogP contribution in [0.4, 0.5) is 5.13 Å². The maximum Gasteiger partial charge on any atom is 0.297 e. The SMILES string of the molecule is CCCCOc1cccc(C2c3c(oc4ccc(Br)cc4c3=O)C(=O)N2c2nnc(CC)s2)c1. The van der Waals surface area contributed by atoms with Crippen LogP contribution in [0.5, 0.6) is 5.75 Å². The number of anilines is 1. The third-order valence-corrected chi connectivity index (χ3v) is 7.30. The average molecular weight is 540 g/mol. The zero-order chi connectivity index (χ0) is 23.8. The van der Waals surface area contributed by atoms with E-state index in [1.807, 2.05) is 31.2 Å². The smallest absolute Gasteiger partial charge is 0.297 e. The molecule has 0 radical (unpaired) electrons. The first-order valence-corrected chi connectivity index (χ1v) is 12.8. The van der Waals surface area contributed by atoms with Crippen LogP contribution >= 0.6 is 27.3 Å². The highest BCUT2D eigenvalue weighted by molar-refractivity contribution is 9.10. The van der Waals surface area contributed by atoms with Crippen LogP contribution in [-0.2, 0) is 6.42 Å². The van der Waals surface area contributed by atoms with Crippen LogP contribution in [0.1, 0.15) is 59.4 Å². The van der Waals surface area contributed by atoms with Gasteiger partial charge < -0.3 is 9.15 Å². The summed E-state index contributed by atoms with van der Waals surface area (Å²) in [6, 6.07) is 12.0. The van der Waals surface area contributed by atoms with Crippen molar-refractivity contribution in [3.8, 4) is 5.75 Å². The fourth-order valence-corrected chi connectivity index (χ4v) is 5.22. The standard InChI is InChI=1S/C25H22BrN3O4S/c1-3-5-11-32-16-8-6-7-14(12-16)21-20-22(30)17-13-15(26)9-10-18(17)33-23(20)24(31)29(21)25-28-27-19(4-2)34-25/h6-10,12-13,21H,3-5,11H2,1-2H3. The Labute approximate surface area is 208 Å². The van der Waals surface area contributed by atoms with E-state index < -0.39 is 11.9 Å². The predicted octanol–water partition coefficient (Wildman–Crippen LogP) is 5.90. The van der Waals surface area contributed by atoms with Gasteiger partial charge in [0.05, 0.1) is 23.6 Å². The number of hydrogen-bond acceptors (Lipinski definition) is 7. The number of carbonyl (C=O) groups excluding carboxylic acids is 1. The van der Waals surface area contributed by atoms with Gasteiger partial charge in [-0.1, -0.05) is 59.7 Å². The fourth-order valence-electron chi connectivity index (χ4n) is 4.05. The molecule has 2 aromatic heterocycles. The molecule has 1 aliphatic rings. The number of fused-ring (bicyclic) bond motifs is 2. The van der Waals surface area contributed by atoms with Crippen LogP contribution in [0.2, 0.25) is 0 Å². The zero-order valence-electron chi connectivity index (χ0n) is 18.7. The molecule has 1 unspecified atom stereocenters. The molecular weight excluding hydrogens is 518 g/mol. The number of unbranched alkanes of at least 4 members (excludes halogenated alkanes) is 1. The summed E-state index contributed by atoms with van der Waals surface area (Å²) in [6.07, 6.45) is 2.67. The lowest BCUT2D eigenvalue weighted by Crippen LogP contribution is -2.29. The molecule has 9 heteroatoms. The molecular formula is C25H22BrN3O4S. The van der Waals surface area contributed by atoms with Crippen molar-refractivity contribution >= 4 is 49.3 Å². The number of aryl methyl sites for hydroxylation is 1. The summed E-state index contributed by atoms with van der Waals surface area (Å²) in [5.74, 6) is 0.319. The number of amides is 1. The Bertz CT molecular complexity index is 1450. The monoisotopic (exact) mass is 539 g/mol. The van der Waals surface area contributed by atoms with Crippen molar-refractivity contribution in [2.45, 2.75) is 39.2 Å². The van der Waals surface area contributed by atoms with Gasteiger partial charge in [0.1, 0.15) is 16.3 Å². The van der Waals surface area contributed by atoms with Gasteiger partial charge in [-0.25, -0.2) is 0 Å². The highest BCUT2D eigenvalue weighted by Crippen LogP contribution is 2.42. The second-order valence-corrected chi connectivity index (χ2v) is 9.95. The lowest BCUT2D eigenvalue weighted by molar-refractivity contribution is 0.0970. The van der Waals surface area contributed by atoms with Gasteiger partial charge in [0.15, 0.2) is 5.43 Å². The normalized spacial score (nSPS) is 15.2. The van der Waals surface area contributed by atoms with Crippen LogP contribution < -0.4 is 15.1 Å². The van der Waals surface area contributed by atoms with E-state index in [2.05, 4.69) is 33.1 Å². The zero-order valence-corrected chi connectivity index (χ0v) is 21.1. The number of hydrogen-bond donors (Lipinski definition) is 0. The third kappa shape index (κ3) is 3.92. The lowest BCUT2D eigenvalue weighted by Gasteiger charge is -2.22. The third-order valence-electron chi connectivity index (χ3n) is 5.74. The summed E-state index contributed by atoms with van der Waals surface area (Å²) < 4.78 is 12.7. The molecule has 2 aromatic carbocycles. The van der Waals surface area contributed by atoms with Crippen LogP contribution in [0, 0.1) is 0 Å². The number of ether oxygens (including phenoxy) is 1. The summed E-state index contributed by atoms with van der Waals surface area (Å²) >= 11 is 4.76. The van der Waals surface area contributed by atoms with E-state index in [1.165, 1.54) is 16.2 Å². The van der Waals surface area contributed by atoms with E-state index in [9.17, 15) is 9.59 Å². The quantitative estimate of drug-likeness (QED) is 0.272. The first kappa shape index (κ1) is 22.7. The van der Waals surface area contributed by atoms with E-state index in [0.29, 0.717) is 40.4 Å². The molecule has 1 amide bonds. The Morgan fingerprint density at radius 1 is 1.15 bits per heavy atom. The number of rotatable bonds is 7. The molecule has 0 saturated heterocycles. The maximum atomic E-state index is 13.7. The first-order valence-electron chi connectivity index (χ1n) is 11.2. The summed E-state index contributed by atoms with van der Waals surface area (Å²) in [5, 5.41) is 10.1. The second kappa shape index (κ2) is 9.31. The van der Waals surface area contributed by atoms with Crippen molar-refractivity contribution in [2.75, 3.05) is 11.5 Å². The Hall–Kier alpha value is -3.04. The highest BCUT2D eigenvalue weighted by atomic mass is 79.9. The van der Waals surface area contributed by atoms with Gasteiger partial charge in [-0.3, -0.25) is 14.5 Å². The number of benzene rings is 2. The topological polar surface area (TPSA) is 85.5 Å². The predicted molar refractivity (Wildman–Crippen MR) is 135 cm³/mol. The molecule has 0 spiro atoms. The number of carbonyl (C=O) groups is 1. The van der Waals surface area contributed by atoms with E-state index in [4.69, 9.17) is 9.15 Å². The molecule has 34 heavy (non-hydrogen) atoms. The first-order chi connectivity index (χ1) is 16.5. The van der Waals surface area contributed by atoms with Crippen molar-refractivity contribution in [1.29, 1.82) is 0 Å². The largest absolute Gasteiger partial charge is 0.494 e. The molecule has 7 nitrogen and oxygen atoms in total. The molecule has 0 N–H and O–H groups in total. The highest BCUT2D eigenvalue weighted by Gasteiger charge is 2.45. The molecule has 0 aliphatic carbocycles. The van der Waals surface area contributed by atoms with E-state index in [-0.39, 0.29) is 11.2 Å². The average Bonchev–Trinajstić information content (AvgIpc) is 3.43. The Balaban J connectivity index is 1.70. The molecule has 174 valence electrons. The van der Waals surface area contributed by atoms with Crippen LogP contribution in [0.3, 0.4) is 0 Å². The molecule has 0 bridgehead atoms. The summed E-state index contributed by atoms with van der Waals surface area (Å²) in [4.78, 5) is 28.9. The van der Waals surface area contributed by atoms with Gasteiger partial charge >= 0.3 is 0 Å². The van der Waals surface area contributed by atoms with Crippen LogP contribution in [-0.4, -0.2) is 22.7 Å². The Morgan fingerprint density at radius 3 is 2.76 bits per heavy atom. The maximum absolute atomic E-state index is 13.7. The molecule has 5 rings (SSSR count). The van der Waals surface area contributed by atoms with Crippen molar-refractivity contribution in [3.63, 3.8) is 0 Å². The van der Waals surface area contributed by atoms with Gasteiger partial charge in [-0.2, -0.15) is 0 Å². The minimum Gasteiger partial charge on any atom is -0.494 e. The van der Waals surface area contributed by atoms with E-state index in [0.717, 1.165) is 27.9 Å².